The number of carbonyl (C=O) groups is 1. The number of aromatic hydroxyl groups is 2. The molecular weight excluding hydrogens is 250 g/mol. The Bertz CT molecular complexity index is 468. The van der Waals surface area contributed by atoms with E-state index in [0.717, 1.165) is 0 Å². The maximum Gasteiger partial charge on any atom is 0.261 e. The van der Waals surface area contributed by atoms with E-state index in [9.17, 15) is 15.0 Å². The van der Waals surface area contributed by atoms with Gasteiger partial charge in [0, 0.05) is 6.54 Å². The van der Waals surface area contributed by atoms with Crippen LogP contribution in [0.4, 0.5) is 0 Å². The number of carbonyl (C=O) groups excluding carboxylic acids is 1. The fourth-order valence-corrected chi connectivity index (χ4v) is 1.66. The summed E-state index contributed by atoms with van der Waals surface area (Å²) in [6, 6.07) is 4.04. The third kappa shape index (κ3) is 3.51. The zero-order valence-corrected chi connectivity index (χ0v) is 10.6. The first-order valence-corrected chi connectivity index (χ1v) is 5.77. The highest BCUT2D eigenvalue weighted by Crippen LogP contribution is 2.27. The zero-order chi connectivity index (χ0) is 14.4. The molecule has 0 atom stereocenters. The largest absolute Gasteiger partial charge is 0.507 e. The molecule has 19 heavy (non-hydrogen) atoms. The molecule has 7 nitrogen and oxygen atoms in total. The molecule has 1 amide bonds. The zero-order valence-electron chi connectivity index (χ0n) is 10.6. The SMILES string of the molecule is CCCN(C/C(N)=N/O)C(=O)c1c(O)cccc1O. The number of amidine groups is 1. The molecule has 104 valence electrons. The predicted octanol–water partition coefficient (Wildman–Crippen LogP) is 0.696. The molecule has 0 radical (unpaired) electrons. The lowest BCUT2D eigenvalue weighted by Crippen LogP contribution is -2.39. The minimum absolute atomic E-state index is 0.0864. The first kappa shape index (κ1) is 14.6. The summed E-state index contributed by atoms with van der Waals surface area (Å²) >= 11 is 0. The maximum absolute atomic E-state index is 12.2. The van der Waals surface area contributed by atoms with Crippen LogP contribution in [0.5, 0.6) is 11.5 Å². The number of hydrogen-bond donors (Lipinski definition) is 4. The first-order valence-electron chi connectivity index (χ1n) is 5.77. The average molecular weight is 267 g/mol. The molecule has 1 aromatic carbocycles. The van der Waals surface area contributed by atoms with Crippen LogP contribution in [0.1, 0.15) is 23.7 Å². The van der Waals surface area contributed by atoms with Crippen LogP contribution in [-0.4, -0.2) is 45.2 Å². The predicted molar refractivity (Wildman–Crippen MR) is 69.4 cm³/mol. The second-order valence-corrected chi connectivity index (χ2v) is 3.99. The van der Waals surface area contributed by atoms with Gasteiger partial charge in [0.15, 0.2) is 5.84 Å². The lowest BCUT2D eigenvalue weighted by Gasteiger charge is -2.22. The van der Waals surface area contributed by atoms with Gasteiger partial charge in [-0.25, -0.2) is 0 Å². The fraction of sp³-hybridized carbons (Fsp3) is 0.333. The summed E-state index contributed by atoms with van der Waals surface area (Å²) in [5.41, 5.74) is 5.18. The molecule has 0 heterocycles. The number of oxime groups is 1. The number of nitrogens with zero attached hydrogens (tertiary/aromatic N) is 2. The highest BCUT2D eigenvalue weighted by Gasteiger charge is 2.22. The summed E-state index contributed by atoms with van der Waals surface area (Å²) in [5, 5.41) is 30.7. The van der Waals surface area contributed by atoms with Crippen LogP contribution in [0, 0.1) is 0 Å². The van der Waals surface area contributed by atoms with E-state index in [1.807, 2.05) is 6.92 Å². The summed E-state index contributed by atoms with van der Waals surface area (Å²) < 4.78 is 0. The topological polar surface area (TPSA) is 119 Å². The quantitative estimate of drug-likeness (QED) is 0.271. The summed E-state index contributed by atoms with van der Waals surface area (Å²) in [7, 11) is 0. The van der Waals surface area contributed by atoms with Gasteiger partial charge in [0.05, 0.1) is 6.54 Å². The van der Waals surface area contributed by atoms with Crippen molar-refractivity contribution >= 4 is 11.7 Å². The number of nitrogens with two attached hydrogens (primary N) is 1. The van der Waals surface area contributed by atoms with Crippen molar-refractivity contribution in [3.63, 3.8) is 0 Å². The van der Waals surface area contributed by atoms with E-state index in [4.69, 9.17) is 10.9 Å². The van der Waals surface area contributed by atoms with Crippen LogP contribution in [0.15, 0.2) is 23.4 Å². The molecule has 0 spiro atoms. The summed E-state index contributed by atoms with van der Waals surface area (Å²) in [4.78, 5) is 13.5. The van der Waals surface area contributed by atoms with Gasteiger partial charge < -0.3 is 26.1 Å². The van der Waals surface area contributed by atoms with Gasteiger partial charge in [-0.15, -0.1) is 0 Å². The van der Waals surface area contributed by atoms with Crippen molar-refractivity contribution in [3.05, 3.63) is 23.8 Å². The summed E-state index contributed by atoms with van der Waals surface area (Å²) in [5.74, 6) is -1.34. The Balaban J connectivity index is 3.05. The van der Waals surface area contributed by atoms with E-state index in [0.29, 0.717) is 13.0 Å². The molecule has 0 aliphatic carbocycles. The van der Waals surface area contributed by atoms with Gasteiger partial charge >= 0.3 is 0 Å². The van der Waals surface area contributed by atoms with Crippen LogP contribution in [-0.2, 0) is 0 Å². The number of phenolic OH excluding ortho intramolecular Hbond substituents is 2. The third-order valence-electron chi connectivity index (χ3n) is 2.50. The van der Waals surface area contributed by atoms with Crippen molar-refractivity contribution in [2.45, 2.75) is 13.3 Å². The highest BCUT2D eigenvalue weighted by molar-refractivity contribution is 6.01. The third-order valence-corrected chi connectivity index (χ3v) is 2.50. The molecule has 0 saturated heterocycles. The van der Waals surface area contributed by atoms with Crippen LogP contribution < -0.4 is 5.73 Å². The number of hydrogen-bond acceptors (Lipinski definition) is 5. The Labute approximate surface area is 110 Å². The van der Waals surface area contributed by atoms with Crippen LogP contribution in [0.25, 0.3) is 0 Å². The Hall–Kier alpha value is -2.44. The lowest BCUT2D eigenvalue weighted by molar-refractivity contribution is 0.0772. The van der Waals surface area contributed by atoms with Crippen molar-refractivity contribution in [2.24, 2.45) is 10.9 Å². The van der Waals surface area contributed by atoms with Gasteiger partial charge in [-0.2, -0.15) is 0 Å². The molecule has 0 saturated carbocycles. The molecule has 5 N–H and O–H groups in total. The molecule has 0 fully saturated rings. The molecule has 0 unspecified atom stereocenters. The van der Waals surface area contributed by atoms with Crippen molar-refractivity contribution < 1.29 is 20.2 Å². The Morgan fingerprint density at radius 1 is 1.37 bits per heavy atom. The first-order chi connectivity index (χ1) is 9.01. The van der Waals surface area contributed by atoms with Gasteiger partial charge in [0.1, 0.15) is 17.1 Å². The van der Waals surface area contributed by atoms with Crippen molar-refractivity contribution in [1.29, 1.82) is 0 Å². The van der Waals surface area contributed by atoms with Gasteiger partial charge in [-0.3, -0.25) is 4.79 Å². The van der Waals surface area contributed by atoms with E-state index in [2.05, 4.69) is 5.16 Å². The maximum atomic E-state index is 12.2. The number of benzene rings is 1. The smallest absolute Gasteiger partial charge is 0.261 e. The second-order valence-electron chi connectivity index (χ2n) is 3.99. The van der Waals surface area contributed by atoms with Gasteiger partial charge in [0.25, 0.3) is 5.91 Å². The Morgan fingerprint density at radius 3 is 2.42 bits per heavy atom. The highest BCUT2D eigenvalue weighted by atomic mass is 16.4. The van der Waals surface area contributed by atoms with E-state index in [1.165, 1.54) is 23.1 Å². The average Bonchev–Trinajstić information content (AvgIpc) is 2.37. The lowest BCUT2D eigenvalue weighted by atomic mass is 10.1. The fourth-order valence-electron chi connectivity index (χ4n) is 1.66. The number of rotatable bonds is 5. The molecule has 0 aliphatic heterocycles. The minimum atomic E-state index is -0.580. The van der Waals surface area contributed by atoms with Crippen LogP contribution in [0.3, 0.4) is 0 Å². The monoisotopic (exact) mass is 267 g/mol. The van der Waals surface area contributed by atoms with E-state index in [1.54, 1.807) is 0 Å². The minimum Gasteiger partial charge on any atom is -0.507 e. The molecule has 0 aliphatic rings. The van der Waals surface area contributed by atoms with Gasteiger partial charge in [0.2, 0.25) is 0 Å². The molecule has 0 bridgehead atoms. The van der Waals surface area contributed by atoms with Crippen molar-refractivity contribution in [2.75, 3.05) is 13.1 Å². The van der Waals surface area contributed by atoms with Crippen LogP contribution >= 0.6 is 0 Å². The van der Waals surface area contributed by atoms with Gasteiger partial charge in [-0.05, 0) is 18.6 Å². The second kappa shape index (κ2) is 6.48. The van der Waals surface area contributed by atoms with E-state index >= 15 is 0 Å². The normalized spacial score (nSPS) is 11.3. The Morgan fingerprint density at radius 2 is 1.95 bits per heavy atom. The summed E-state index contributed by atoms with van der Waals surface area (Å²) in [6.07, 6.45) is 0.652. The van der Waals surface area contributed by atoms with E-state index in [-0.39, 0.29) is 29.4 Å². The summed E-state index contributed by atoms with van der Waals surface area (Å²) in [6.45, 7) is 2.12. The van der Waals surface area contributed by atoms with Crippen LogP contribution in [0.2, 0.25) is 0 Å². The molecule has 1 rings (SSSR count). The van der Waals surface area contributed by atoms with E-state index < -0.39 is 5.91 Å². The molecular formula is C12H17N3O4. The Kier molecular flexibility index (Phi) is 4.99. The molecule has 1 aromatic rings. The number of amides is 1. The van der Waals surface area contributed by atoms with Crippen molar-refractivity contribution in [1.82, 2.24) is 4.90 Å². The molecule has 7 heteroatoms. The van der Waals surface area contributed by atoms with Crippen molar-refractivity contribution in [3.8, 4) is 11.5 Å². The van der Waals surface area contributed by atoms with Gasteiger partial charge in [-0.1, -0.05) is 18.1 Å². The number of phenols is 2. The standard InChI is InChI=1S/C12H17N3O4/c1-2-6-15(7-10(13)14-19)12(18)11-8(16)4-3-5-9(11)17/h3-5,16-17,19H,2,6-7H2,1H3,(H2,13,14). The molecule has 0 aromatic heterocycles.